The van der Waals surface area contributed by atoms with E-state index >= 15 is 0 Å². The maximum Gasteiger partial charge on any atom is 0.191 e. The van der Waals surface area contributed by atoms with Gasteiger partial charge in [-0.3, -0.25) is 0 Å². The molecule has 0 radical (unpaired) electrons. The Morgan fingerprint density at radius 2 is 2.16 bits per heavy atom. The monoisotopic (exact) mass is 296 g/mol. The molecule has 0 amide bonds. The normalized spacial score (nSPS) is 10.9. The van der Waals surface area contributed by atoms with Crippen LogP contribution in [-0.4, -0.2) is 14.8 Å². The minimum Gasteiger partial charge on any atom is -0.324 e. The lowest BCUT2D eigenvalue weighted by Gasteiger charge is -2.07. The van der Waals surface area contributed by atoms with Crippen LogP contribution in [0.5, 0.6) is 0 Å². The van der Waals surface area contributed by atoms with Gasteiger partial charge in [0.2, 0.25) is 0 Å². The maximum atomic E-state index is 6.23. The molecule has 0 fully saturated rings. The Balaban J connectivity index is 2.12. The highest BCUT2D eigenvalue weighted by Gasteiger charge is 2.10. The van der Waals surface area contributed by atoms with Gasteiger partial charge in [-0.05, 0) is 31.0 Å². The molecule has 0 saturated heterocycles. The minimum absolute atomic E-state index is 0.409. The van der Waals surface area contributed by atoms with Crippen LogP contribution in [0.2, 0.25) is 5.02 Å². The third-order valence-electron chi connectivity index (χ3n) is 2.86. The number of nitrogens with two attached hydrogens (primary N) is 1. The van der Waals surface area contributed by atoms with Crippen molar-refractivity contribution in [1.29, 1.82) is 0 Å². The average Bonchev–Trinajstić information content (AvgIpc) is 2.79. The van der Waals surface area contributed by atoms with Crippen molar-refractivity contribution in [3.05, 3.63) is 40.2 Å². The molecular formula is C13H17ClN4S. The number of halogens is 1. The molecule has 0 aliphatic rings. The van der Waals surface area contributed by atoms with Crippen molar-refractivity contribution in [1.82, 2.24) is 14.8 Å². The largest absolute Gasteiger partial charge is 0.324 e. The predicted octanol–water partition coefficient (Wildman–Crippen LogP) is 3.01. The van der Waals surface area contributed by atoms with E-state index in [9.17, 15) is 0 Å². The Bertz CT molecular complexity index is 568. The van der Waals surface area contributed by atoms with Crippen LogP contribution in [0.1, 0.15) is 23.9 Å². The molecule has 0 spiro atoms. The highest BCUT2D eigenvalue weighted by Crippen LogP contribution is 2.26. The Morgan fingerprint density at radius 1 is 1.37 bits per heavy atom. The Hall–Kier alpha value is -1.04. The lowest BCUT2D eigenvalue weighted by molar-refractivity contribution is 0.643. The fraction of sp³-hybridized carbons (Fsp3) is 0.385. The van der Waals surface area contributed by atoms with Crippen molar-refractivity contribution in [2.24, 2.45) is 5.73 Å². The second-order valence-corrected chi connectivity index (χ2v) is 5.58. The molecule has 0 atom stereocenters. The van der Waals surface area contributed by atoms with E-state index in [0.717, 1.165) is 33.9 Å². The van der Waals surface area contributed by atoms with Crippen molar-refractivity contribution in [2.75, 3.05) is 0 Å². The smallest absolute Gasteiger partial charge is 0.191 e. The first-order valence-electron chi connectivity index (χ1n) is 6.15. The molecule has 102 valence electrons. The lowest BCUT2D eigenvalue weighted by Crippen LogP contribution is -2.08. The zero-order chi connectivity index (χ0) is 13.8. The number of hydrogen-bond acceptors (Lipinski definition) is 4. The summed E-state index contributed by atoms with van der Waals surface area (Å²) in [5.74, 6) is 1.60. The molecule has 1 heterocycles. The van der Waals surface area contributed by atoms with Gasteiger partial charge in [-0.2, -0.15) is 0 Å². The van der Waals surface area contributed by atoms with Crippen LogP contribution in [0.3, 0.4) is 0 Å². The van der Waals surface area contributed by atoms with E-state index in [4.69, 9.17) is 17.3 Å². The zero-order valence-electron chi connectivity index (χ0n) is 11.1. The van der Waals surface area contributed by atoms with Crippen LogP contribution >= 0.6 is 23.4 Å². The van der Waals surface area contributed by atoms with Gasteiger partial charge in [0.25, 0.3) is 0 Å². The first kappa shape index (κ1) is 14.4. The fourth-order valence-electron chi connectivity index (χ4n) is 1.81. The third-order valence-corrected chi connectivity index (χ3v) is 4.23. The summed E-state index contributed by atoms with van der Waals surface area (Å²) in [5.41, 5.74) is 7.91. The number of hydrogen-bond donors (Lipinski definition) is 1. The SMILES string of the molecule is CCn1c(CN)nnc1SCc1ccc(C)cc1Cl. The highest BCUT2D eigenvalue weighted by atomic mass is 35.5. The molecule has 4 nitrogen and oxygen atoms in total. The number of benzene rings is 1. The van der Waals surface area contributed by atoms with Crippen LogP contribution < -0.4 is 5.73 Å². The van der Waals surface area contributed by atoms with Gasteiger partial charge in [0.1, 0.15) is 5.82 Å². The molecule has 19 heavy (non-hydrogen) atoms. The van der Waals surface area contributed by atoms with Crippen molar-refractivity contribution in [3.8, 4) is 0 Å². The highest BCUT2D eigenvalue weighted by molar-refractivity contribution is 7.98. The van der Waals surface area contributed by atoms with Crippen molar-refractivity contribution >= 4 is 23.4 Å². The summed E-state index contributed by atoms with van der Waals surface area (Å²) in [6, 6.07) is 6.10. The van der Waals surface area contributed by atoms with Gasteiger partial charge in [-0.15, -0.1) is 10.2 Å². The summed E-state index contributed by atoms with van der Waals surface area (Å²) < 4.78 is 2.03. The molecule has 0 aliphatic carbocycles. The van der Waals surface area contributed by atoms with E-state index in [1.54, 1.807) is 11.8 Å². The Kier molecular flexibility index (Phi) is 4.85. The number of aromatic nitrogens is 3. The van der Waals surface area contributed by atoms with E-state index in [1.807, 2.05) is 17.6 Å². The molecule has 0 bridgehead atoms. The molecule has 1 aromatic heterocycles. The topological polar surface area (TPSA) is 56.7 Å². The van der Waals surface area contributed by atoms with Gasteiger partial charge >= 0.3 is 0 Å². The molecule has 0 aliphatic heterocycles. The summed E-state index contributed by atoms with van der Waals surface area (Å²) >= 11 is 7.86. The fourth-order valence-corrected chi connectivity index (χ4v) is 3.21. The van der Waals surface area contributed by atoms with Crippen LogP contribution in [0.4, 0.5) is 0 Å². The summed E-state index contributed by atoms with van der Waals surface area (Å²) in [6.07, 6.45) is 0. The van der Waals surface area contributed by atoms with Gasteiger partial charge in [-0.25, -0.2) is 0 Å². The Labute approximate surface area is 122 Å². The van der Waals surface area contributed by atoms with E-state index in [2.05, 4.69) is 29.3 Å². The third kappa shape index (κ3) is 3.29. The van der Waals surface area contributed by atoms with Gasteiger partial charge < -0.3 is 10.3 Å². The van der Waals surface area contributed by atoms with Crippen molar-refractivity contribution in [2.45, 2.75) is 37.8 Å². The Morgan fingerprint density at radius 3 is 2.79 bits per heavy atom. The molecule has 1 aromatic carbocycles. The van der Waals surface area contributed by atoms with Crippen LogP contribution in [0.25, 0.3) is 0 Å². The summed E-state index contributed by atoms with van der Waals surface area (Å²) in [6.45, 7) is 5.33. The van der Waals surface area contributed by atoms with E-state index in [-0.39, 0.29) is 0 Å². The number of aryl methyl sites for hydroxylation is 1. The number of nitrogens with zero attached hydrogens (tertiary/aromatic N) is 3. The van der Waals surface area contributed by atoms with Gasteiger partial charge in [-0.1, -0.05) is 35.5 Å². The van der Waals surface area contributed by atoms with Crippen LogP contribution in [0.15, 0.2) is 23.4 Å². The minimum atomic E-state index is 0.409. The van der Waals surface area contributed by atoms with Gasteiger partial charge in [0.15, 0.2) is 5.16 Å². The molecule has 0 saturated carbocycles. The zero-order valence-corrected chi connectivity index (χ0v) is 12.6. The quantitative estimate of drug-likeness (QED) is 0.862. The standard InChI is InChI=1S/C13H17ClN4S/c1-3-18-12(7-15)16-17-13(18)19-8-10-5-4-9(2)6-11(10)14/h4-6H,3,7-8,15H2,1-2H3. The van der Waals surface area contributed by atoms with E-state index in [0.29, 0.717) is 6.54 Å². The van der Waals surface area contributed by atoms with E-state index < -0.39 is 0 Å². The van der Waals surface area contributed by atoms with E-state index in [1.165, 1.54) is 5.56 Å². The second-order valence-electron chi connectivity index (χ2n) is 4.23. The first-order chi connectivity index (χ1) is 9.15. The predicted molar refractivity (Wildman–Crippen MR) is 79.3 cm³/mol. The summed E-state index contributed by atoms with van der Waals surface area (Å²) in [7, 11) is 0. The van der Waals surface area contributed by atoms with Crippen molar-refractivity contribution < 1.29 is 0 Å². The molecule has 2 aromatic rings. The number of thioether (sulfide) groups is 1. The van der Waals surface area contributed by atoms with Crippen LogP contribution in [-0.2, 0) is 18.8 Å². The maximum absolute atomic E-state index is 6.23. The van der Waals surface area contributed by atoms with Crippen molar-refractivity contribution in [3.63, 3.8) is 0 Å². The molecule has 2 rings (SSSR count). The van der Waals surface area contributed by atoms with Gasteiger partial charge in [0, 0.05) is 17.3 Å². The summed E-state index contributed by atoms with van der Waals surface area (Å²) in [5, 5.41) is 9.95. The lowest BCUT2D eigenvalue weighted by atomic mass is 10.2. The molecule has 0 unspecified atom stereocenters. The first-order valence-corrected chi connectivity index (χ1v) is 7.52. The number of rotatable bonds is 5. The average molecular weight is 297 g/mol. The second kappa shape index (κ2) is 6.41. The molecule has 6 heteroatoms. The summed E-state index contributed by atoms with van der Waals surface area (Å²) in [4.78, 5) is 0. The van der Waals surface area contributed by atoms with Gasteiger partial charge in [0.05, 0.1) is 6.54 Å². The molecular weight excluding hydrogens is 280 g/mol. The van der Waals surface area contributed by atoms with Crippen LogP contribution in [0, 0.1) is 6.92 Å². The molecule has 2 N–H and O–H groups in total.